The topological polar surface area (TPSA) is 201 Å². The van der Waals surface area contributed by atoms with Gasteiger partial charge in [0, 0.05) is 68.1 Å². The minimum Gasteiger partial charge on any atom is -0.480 e. The number of aryl methyl sites for hydroxylation is 2. The van der Waals surface area contributed by atoms with E-state index in [-0.39, 0.29) is 47.3 Å². The second kappa shape index (κ2) is 21.0. The van der Waals surface area contributed by atoms with E-state index in [1.165, 1.54) is 38.5 Å². The minimum absolute atomic E-state index is 0.0115. The van der Waals surface area contributed by atoms with Crippen molar-refractivity contribution in [2.45, 2.75) is 69.2 Å². The zero-order valence-electron chi connectivity index (χ0n) is 38.3. The van der Waals surface area contributed by atoms with Crippen LogP contribution in [0.15, 0.2) is 150 Å². The Bertz CT molecular complexity index is 2970. The van der Waals surface area contributed by atoms with E-state index in [1.807, 2.05) is 104 Å². The first-order valence-corrected chi connectivity index (χ1v) is 24.2. The van der Waals surface area contributed by atoms with Crippen LogP contribution in [0.2, 0.25) is 0 Å². The molecular formula is C54H53N7O7S. The third kappa shape index (κ3) is 11.2. The van der Waals surface area contributed by atoms with Gasteiger partial charge in [0.1, 0.15) is 18.1 Å². The van der Waals surface area contributed by atoms with Gasteiger partial charge in [0.05, 0.1) is 16.9 Å². The molecule has 0 radical (unpaired) electrons. The average molecular weight is 944 g/mol. The molecule has 4 heterocycles. The van der Waals surface area contributed by atoms with Gasteiger partial charge in [0.25, 0.3) is 5.91 Å². The normalized spacial score (nSPS) is 17.6. The predicted molar refractivity (Wildman–Crippen MR) is 264 cm³/mol. The number of benzene rings is 6. The van der Waals surface area contributed by atoms with Crippen LogP contribution in [0, 0.1) is 31.1 Å². The van der Waals surface area contributed by atoms with Crippen LogP contribution in [-0.4, -0.2) is 72.7 Å². The zero-order chi connectivity index (χ0) is 48.7. The highest BCUT2D eigenvalue weighted by Gasteiger charge is 2.40. The Morgan fingerprint density at radius 3 is 1.74 bits per heavy atom. The van der Waals surface area contributed by atoms with Gasteiger partial charge in [-0.1, -0.05) is 120 Å². The van der Waals surface area contributed by atoms with E-state index in [2.05, 4.69) is 52.5 Å². The van der Waals surface area contributed by atoms with Crippen LogP contribution in [0.25, 0.3) is 0 Å². The molecule has 0 saturated carbocycles. The van der Waals surface area contributed by atoms with Crippen molar-refractivity contribution in [1.29, 1.82) is 5.26 Å². The number of nitriles is 1. The van der Waals surface area contributed by atoms with E-state index in [9.17, 15) is 27.6 Å². The number of amides is 3. The molecule has 3 amide bonds. The maximum absolute atomic E-state index is 13.8. The van der Waals surface area contributed by atoms with Crippen molar-refractivity contribution < 1.29 is 32.7 Å². The highest BCUT2D eigenvalue weighted by molar-refractivity contribution is 7.89. The van der Waals surface area contributed by atoms with Crippen LogP contribution in [0.4, 0.5) is 17.1 Å². The fourth-order valence-corrected chi connectivity index (χ4v) is 10.2. The quantitative estimate of drug-likeness (QED) is 0.0975. The number of aliphatic carboxylic acids is 1. The number of carbonyl (C=O) groups excluding carboxylic acids is 3. The number of hydrogen-bond acceptors (Lipinski definition) is 9. The van der Waals surface area contributed by atoms with Crippen molar-refractivity contribution in [2.75, 3.05) is 28.6 Å². The Labute approximate surface area is 402 Å². The number of rotatable bonds is 10. The fraction of sp³-hybridized carbons (Fsp3) is 0.241. The lowest BCUT2D eigenvalue weighted by Crippen LogP contribution is -2.49. The maximum Gasteiger partial charge on any atom is 0.326 e. The van der Waals surface area contributed by atoms with Crippen molar-refractivity contribution in [2.24, 2.45) is 5.92 Å². The summed E-state index contributed by atoms with van der Waals surface area (Å²) < 4.78 is 27.3. The molecule has 15 heteroatoms. The van der Waals surface area contributed by atoms with Crippen LogP contribution < -0.4 is 26.2 Å². The van der Waals surface area contributed by atoms with Gasteiger partial charge in [-0.2, -0.15) is 9.57 Å². The Morgan fingerprint density at radius 2 is 1.17 bits per heavy atom. The standard InChI is InChI=1S/C28H26N4O4S.C17H18N2O.C9H9NO2/c1-19-9-11-20(12-10-19)16-30-27(33)26-14-22-5-2-3-8-25(22)32(26)28(34)23-6-4-7-24(13-23)37(35,36)31-17-21(15-29)18-31;1-12-6-8-13(9-7-12)11-18-17(20)16-10-14-4-2-3-5-15(14)19-16;11-9(12)8-5-6-3-1-2-4-7(6)10-8/h2-13,21,26H,14,16-18H2,1H3,(H,30,33);2-9,16,19H,10-11H2,1H3,(H,18,20);1-4,8,10H,5H2,(H,11,12)/t;;8-/m..0/s1. The van der Waals surface area contributed by atoms with Gasteiger partial charge in [-0.15, -0.1) is 0 Å². The molecule has 10 rings (SSSR count). The third-order valence-electron chi connectivity index (χ3n) is 12.6. The largest absolute Gasteiger partial charge is 0.480 e. The number of nitrogens with one attached hydrogen (secondary N) is 4. The molecule has 69 heavy (non-hydrogen) atoms. The number of hydrogen-bond donors (Lipinski definition) is 5. The van der Waals surface area contributed by atoms with Crippen LogP contribution >= 0.6 is 0 Å². The zero-order valence-corrected chi connectivity index (χ0v) is 39.1. The number of fused-ring (bicyclic) bond motifs is 3. The molecule has 0 spiro atoms. The van der Waals surface area contributed by atoms with Crippen molar-refractivity contribution in [1.82, 2.24) is 14.9 Å². The van der Waals surface area contributed by atoms with Gasteiger partial charge in [0.2, 0.25) is 21.8 Å². The number of para-hydroxylation sites is 3. The van der Waals surface area contributed by atoms with Crippen LogP contribution in [0.3, 0.4) is 0 Å². The Morgan fingerprint density at radius 1 is 0.652 bits per heavy atom. The second-order valence-electron chi connectivity index (χ2n) is 17.6. The number of carbonyl (C=O) groups is 4. The maximum atomic E-state index is 13.8. The smallest absolute Gasteiger partial charge is 0.326 e. The summed E-state index contributed by atoms with van der Waals surface area (Å²) in [5, 5.41) is 29.9. The third-order valence-corrected chi connectivity index (χ3v) is 14.4. The monoisotopic (exact) mass is 943 g/mol. The Balaban J connectivity index is 0.000000165. The molecule has 0 bridgehead atoms. The molecule has 2 unspecified atom stereocenters. The summed E-state index contributed by atoms with van der Waals surface area (Å²) >= 11 is 0. The van der Waals surface area contributed by atoms with Crippen molar-refractivity contribution in [3.63, 3.8) is 0 Å². The van der Waals surface area contributed by atoms with Gasteiger partial charge in [0.15, 0.2) is 0 Å². The summed E-state index contributed by atoms with van der Waals surface area (Å²) in [6.07, 6.45) is 1.71. The molecule has 6 aromatic rings. The van der Waals surface area contributed by atoms with E-state index in [0.717, 1.165) is 45.6 Å². The molecule has 3 atom stereocenters. The van der Waals surface area contributed by atoms with E-state index in [1.54, 1.807) is 12.1 Å². The first-order chi connectivity index (χ1) is 33.3. The lowest BCUT2D eigenvalue weighted by atomic mass is 10.1. The number of sulfonamides is 1. The molecule has 1 fully saturated rings. The summed E-state index contributed by atoms with van der Waals surface area (Å²) in [5.41, 5.74) is 10.4. The first kappa shape index (κ1) is 47.7. The van der Waals surface area contributed by atoms with Crippen molar-refractivity contribution >= 4 is 50.8 Å². The van der Waals surface area contributed by atoms with Gasteiger partial charge >= 0.3 is 5.97 Å². The highest BCUT2D eigenvalue weighted by Crippen LogP contribution is 2.35. The second-order valence-corrected chi connectivity index (χ2v) is 19.5. The molecule has 0 aliphatic carbocycles. The Kier molecular flexibility index (Phi) is 14.5. The number of carboxylic acids is 1. The highest BCUT2D eigenvalue weighted by atomic mass is 32.2. The number of nitrogens with zero attached hydrogens (tertiary/aromatic N) is 3. The fourth-order valence-electron chi connectivity index (χ4n) is 8.57. The van der Waals surface area contributed by atoms with E-state index in [4.69, 9.17) is 10.4 Å². The average Bonchev–Trinajstić information content (AvgIpc) is 4.10. The van der Waals surface area contributed by atoms with Gasteiger partial charge < -0.3 is 26.4 Å². The molecule has 352 valence electrons. The summed E-state index contributed by atoms with van der Waals surface area (Å²) in [4.78, 5) is 51.3. The first-order valence-electron chi connectivity index (χ1n) is 22.8. The van der Waals surface area contributed by atoms with Gasteiger partial charge in [-0.05, 0) is 78.1 Å². The predicted octanol–water partition coefficient (Wildman–Crippen LogP) is 6.78. The lowest BCUT2D eigenvalue weighted by molar-refractivity contribution is -0.137. The molecule has 4 aliphatic heterocycles. The summed E-state index contributed by atoms with van der Waals surface area (Å²) in [6.45, 7) is 5.24. The molecule has 0 aromatic heterocycles. The van der Waals surface area contributed by atoms with Gasteiger partial charge in [-0.3, -0.25) is 19.3 Å². The molecular weight excluding hydrogens is 891 g/mol. The number of carboxylic acid groups (broad SMARTS) is 1. The molecule has 14 nitrogen and oxygen atoms in total. The SMILES string of the molecule is Cc1ccc(CNC(=O)C2Cc3ccccc3N2)cc1.Cc1ccc(CNC(=O)C2Cc3ccccc3N2C(=O)c2cccc(S(=O)(=O)N3CC(C#N)C3)c2)cc1.O=C(O)[C@@H]1Cc2ccccc2N1. The van der Waals surface area contributed by atoms with E-state index < -0.39 is 34.0 Å². The van der Waals surface area contributed by atoms with Crippen molar-refractivity contribution in [3.8, 4) is 6.07 Å². The number of anilines is 3. The van der Waals surface area contributed by atoms with E-state index in [0.29, 0.717) is 31.6 Å². The Hall–Kier alpha value is -7.80. The minimum atomic E-state index is -3.83. The van der Waals surface area contributed by atoms with Crippen molar-refractivity contribution in [3.05, 3.63) is 190 Å². The summed E-state index contributed by atoms with van der Waals surface area (Å²) in [5.74, 6) is -1.78. The summed E-state index contributed by atoms with van der Waals surface area (Å²) in [6, 6.07) is 45.7. The molecule has 5 N–H and O–H groups in total. The van der Waals surface area contributed by atoms with E-state index >= 15 is 0 Å². The molecule has 4 aliphatic rings. The van der Waals surface area contributed by atoms with Crippen LogP contribution in [-0.2, 0) is 56.8 Å². The van der Waals surface area contributed by atoms with Crippen LogP contribution in [0.5, 0.6) is 0 Å². The molecule has 1 saturated heterocycles. The summed E-state index contributed by atoms with van der Waals surface area (Å²) in [7, 11) is -3.83. The van der Waals surface area contributed by atoms with Crippen LogP contribution in [0.1, 0.15) is 49.3 Å². The van der Waals surface area contributed by atoms with Gasteiger partial charge in [-0.25, -0.2) is 13.2 Å². The molecule has 6 aromatic carbocycles. The lowest BCUT2D eigenvalue weighted by Gasteiger charge is -2.34.